The summed E-state index contributed by atoms with van der Waals surface area (Å²) in [6.45, 7) is 5.72. The molecule has 1 heterocycles. The Balaban J connectivity index is 1.92. The average molecular weight is 295 g/mol. The molecule has 0 aliphatic carbocycles. The Labute approximate surface area is 133 Å². The van der Waals surface area contributed by atoms with Crippen molar-refractivity contribution in [3.63, 3.8) is 0 Å². The van der Waals surface area contributed by atoms with Gasteiger partial charge in [0.25, 0.3) is 0 Å². The number of benzene rings is 2. The van der Waals surface area contributed by atoms with Crippen LogP contribution in [0.4, 0.5) is 0 Å². The van der Waals surface area contributed by atoms with Gasteiger partial charge in [0.2, 0.25) is 0 Å². The number of rotatable bonds is 3. The lowest BCUT2D eigenvalue weighted by molar-refractivity contribution is 0.0872. The average Bonchev–Trinajstić information content (AvgIpc) is 2.67. The molecule has 2 heteroatoms. The highest BCUT2D eigenvalue weighted by molar-refractivity contribution is 5.33. The smallest absolute Gasteiger partial charge is 0.0628 e. The Bertz CT molecular complexity index is 610. The van der Waals surface area contributed by atoms with Crippen LogP contribution >= 0.6 is 0 Å². The van der Waals surface area contributed by atoms with Gasteiger partial charge < -0.3 is 5.11 Å². The van der Waals surface area contributed by atoms with Gasteiger partial charge in [0, 0.05) is 12.6 Å². The van der Waals surface area contributed by atoms with E-state index in [1.165, 1.54) is 16.7 Å². The van der Waals surface area contributed by atoms with E-state index in [1.54, 1.807) is 0 Å². The Morgan fingerprint density at radius 2 is 1.73 bits per heavy atom. The van der Waals surface area contributed by atoms with Crippen LogP contribution in [0.3, 0.4) is 0 Å². The van der Waals surface area contributed by atoms with E-state index in [0.717, 1.165) is 13.0 Å². The molecule has 1 aliphatic rings. The molecule has 0 bridgehead atoms. The highest BCUT2D eigenvalue weighted by atomic mass is 16.3. The minimum absolute atomic E-state index is 0.0768. The zero-order chi connectivity index (χ0) is 15.5. The van der Waals surface area contributed by atoms with E-state index in [9.17, 15) is 5.11 Å². The molecule has 0 radical (unpaired) electrons. The maximum absolute atomic E-state index is 10.0. The fraction of sp³-hybridized carbons (Fsp3) is 0.400. The molecule has 3 rings (SSSR count). The summed E-state index contributed by atoms with van der Waals surface area (Å²) in [5, 5.41) is 10.0. The molecule has 0 fully saturated rings. The lowest BCUT2D eigenvalue weighted by Gasteiger charge is -2.35. The number of aliphatic hydroxyl groups is 1. The molecule has 22 heavy (non-hydrogen) atoms. The molecule has 116 valence electrons. The number of aliphatic hydroxyl groups excluding tert-OH is 1. The highest BCUT2D eigenvalue weighted by Gasteiger charge is 2.30. The molecule has 0 spiro atoms. The van der Waals surface area contributed by atoms with Crippen molar-refractivity contribution in [3.8, 4) is 0 Å². The van der Waals surface area contributed by atoms with Crippen LogP contribution in [0.15, 0.2) is 54.6 Å². The Morgan fingerprint density at radius 1 is 1.05 bits per heavy atom. The lowest BCUT2D eigenvalue weighted by Crippen LogP contribution is -2.40. The van der Waals surface area contributed by atoms with Crippen molar-refractivity contribution in [3.05, 3.63) is 71.3 Å². The summed E-state index contributed by atoms with van der Waals surface area (Å²) in [6.07, 6.45) is 1.05. The van der Waals surface area contributed by atoms with Crippen LogP contribution in [0.25, 0.3) is 0 Å². The van der Waals surface area contributed by atoms with E-state index in [1.807, 2.05) is 6.07 Å². The second-order valence-corrected chi connectivity index (χ2v) is 6.46. The molecule has 2 aromatic rings. The van der Waals surface area contributed by atoms with Gasteiger partial charge >= 0.3 is 0 Å². The second kappa shape index (κ2) is 6.64. The monoisotopic (exact) mass is 295 g/mol. The Hall–Kier alpha value is -1.64. The summed E-state index contributed by atoms with van der Waals surface area (Å²) in [6, 6.07) is 19.7. The fourth-order valence-electron chi connectivity index (χ4n) is 3.74. The van der Waals surface area contributed by atoms with E-state index in [2.05, 4.69) is 67.3 Å². The summed E-state index contributed by atoms with van der Waals surface area (Å²) in [5.74, 6) is 0.485. The van der Waals surface area contributed by atoms with Crippen LogP contribution in [-0.4, -0.2) is 29.2 Å². The molecule has 0 amide bonds. The van der Waals surface area contributed by atoms with Crippen molar-refractivity contribution in [1.29, 1.82) is 0 Å². The first-order chi connectivity index (χ1) is 10.7. The molecule has 1 aliphatic heterocycles. The summed E-state index contributed by atoms with van der Waals surface area (Å²) in [5.41, 5.74) is 4.12. The van der Waals surface area contributed by atoms with Crippen molar-refractivity contribution in [2.24, 2.45) is 0 Å². The normalized spacial score (nSPS) is 23.6. The van der Waals surface area contributed by atoms with Crippen molar-refractivity contribution in [2.45, 2.75) is 38.3 Å². The van der Waals surface area contributed by atoms with Crippen molar-refractivity contribution >= 4 is 0 Å². The SMILES string of the molecule is C[C@@H]1Cc2ccccc2[C@@H](C)CN1[C@@H](CO)c1ccccc1. The number of nitrogens with zero attached hydrogens (tertiary/aromatic N) is 1. The molecule has 0 saturated heterocycles. The van der Waals surface area contributed by atoms with Crippen molar-refractivity contribution in [1.82, 2.24) is 4.90 Å². The third kappa shape index (κ3) is 2.94. The second-order valence-electron chi connectivity index (χ2n) is 6.46. The van der Waals surface area contributed by atoms with Crippen LogP contribution in [-0.2, 0) is 6.42 Å². The van der Waals surface area contributed by atoms with Gasteiger partial charge in [-0.1, -0.05) is 61.5 Å². The van der Waals surface area contributed by atoms with Crippen molar-refractivity contribution in [2.75, 3.05) is 13.2 Å². The number of hydrogen-bond donors (Lipinski definition) is 1. The number of hydrogen-bond acceptors (Lipinski definition) is 2. The minimum Gasteiger partial charge on any atom is -0.394 e. The van der Waals surface area contributed by atoms with Crippen LogP contribution in [0.5, 0.6) is 0 Å². The molecular formula is C20H25NO. The maximum atomic E-state index is 10.0. The zero-order valence-electron chi connectivity index (χ0n) is 13.4. The maximum Gasteiger partial charge on any atom is 0.0628 e. The third-order valence-corrected chi connectivity index (χ3v) is 4.91. The highest BCUT2D eigenvalue weighted by Crippen LogP contribution is 2.32. The summed E-state index contributed by atoms with van der Waals surface area (Å²) < 4.78 is 0. The molecule has 0 saturated carbocycles. The van der Waals surface area contributed by atoms with E-state index >= 15 is 0 Å². The van der Waals surface area contributed by atoms with Crippen LogP contribution < -0.4 is 0 Å². The van der Waals surface area contributed by atoms with Gasteiger partial charge in [-0.25, -0.2) is 0 Å². The van der Waals surface area contributed by atoms with Gasteiger partial charge in [-0.3, -0.25) is 4.90 Å². The Morgan fingerprint density at radius 3 is 2.45 bits per heavy atom. The summed E-state index contributed by atoms with van der Waals surface area (Å²) >= 11 is 0. The first-order valence-electron chi connectivity index (χ1n) is 8.20. The van der Waals surface area contributed by atoms with E-state index < -0.39 is 0 Å². The zero-order valence-corrected chi connectivity index (χ0v) is 13.4. The van der Waals surface area contributed by atoms with Gasteiger partial charge in [-0.15, -0.1) is 0 Å². The first-order valence-corrected chi connectivity index (χ1v) is 8.20. The van der Waals surface area contributed by atoms with Gasteiger partial charge in [0.05, 0.1) is 12.6 Å². The van der Waals surface area contributed by atoms with Gasteiger partial charge in [0.15, 0.2) is 0 Å². The molecular weight excluding hydrogens is 270 g/mol. The van der Waals surface area contributed by atoms with Gasteiger partial charge in [-0.2, -0.15) is 0 Å². The van der Waals surface area contributed by atoms with E-state index in [0.29, 0.717) is 12.0 Å². The molecule has 2 nitrogen and oxygen atoms in total. The van der Waals surface area contributed by atoms with E-state index in [4.69, 9.17) is 0 Å². The molecule has 0 aromatic heterocycles. The summed E-state index contributed by atoms with van der Waals surface area (Å²) in [4.78, 5) is 2.47. The topological polar surface area (TPSA) is 23.5 Å². The van der Waals surface area contributed by atoms with Crippen LogP contribution in [0.2, 0.25) is 0 Å². The largest absolute Gasteiger partial charge is 0.394 e. The molecule has 1 N–H and O–H groups in total. The number of fused-ring (bicyclic) bond motifs is 1. The van der Waals surface area contributed by atoms with E-state index in [-0.39, 0.29) is 12.6 Å². The fourth-order valence-corrected chi connectivity index (χ4v) is 3.74. The minimum atomic E-state index is 0.0768. The molecule has 2 aromatic carbocycles. The standard InChI is InChI=1S/C20H25NO/c1-15-13-21(20(14-22)17-8-4-3-5-9-17)16(2)12-18-10-6-7-11-19(15)18/h3-11,15-16,20,22H,12-14H2,1-2H3/t15-,16+,20-/m0/s1. The quantitative estimate of drug-likeness (QED) is 0.931. The van der Waals surface area contributed by atoms with Crippen LogP contribution in [0.1, 0.15) is 42.5 Å². The van der Waals surface area contributed by atoms with Crippen molar-refractivity contribution < 1.29 is 5.11 Å². The Kier molecular flexibility index (Phi) is 4.60. The van der Waals surface area contributed by atoms with Gasteiger partial charge in [-0.05, 0) is 36.0 Å². The first kappa shape index (κ1) is 15.3. The van der Waals surface area contributed by atoms with Gasteiger partial charge in [0.1, 0.15) is 0 Å². The predicted molar refractivity (Wildman–Crippen MR) is 91.0 cm³/mol. The third-order valence-electron chi connectivity index (χ3n) is 4.91. The molecule has 0 unspecified atom stereocenters. The molecule has 3 atom stereocenters. The predicted octanol–water partition coefficient (Wildman–Crippen LogP) is 3.77. The summed E-state index contributed by atoms with van der Waals surface area (Å²) in [7, 11) is 0. The lowest BCUT2D eigenvalue weighted by atomic mass is 9.95. The van der Waals surface area contributed by atoms with Crippen LogP contribution in [0, 0.1) is 0 Å².